The van der Waals surface area contributed by atoms with E-state index in [0.717, 1.165) is 27.3 Å². The van der Waals surface area contributed by atoms with E-state index < -0.39 is 22.0 Å². The lowest BCUT2D eigenvalue weighted by molar-refractivity contribution is -0.138. The smallest absolute Gasteiger partial charge is 0.322 e. The maximum Gasteiger partial charge on any atom is 0.322 e. The summed E-state index contributed by atoms with van der Waals surface area (Å²) in [5.41, 5.74) is 1.59. The fourth-order valence-electron chi connectivity index (χ4n) is 2.65. The number of aliphatic carboxylic acids is 1. The van der Waals surface area contributed by atoms with E-state index in [1.807, 2.05) is 18.2 Å². The molecule has 0 aliphatic heterocycles. The molecule has 0 spiro atoms. The number of rotatable bonds is 8. The van der Waals surface area contributed by atoms with Gasteiger partial charge in [-0.1, -0.05) is 30.3 Å². The van der Waals surface area contributed by atoms with Crippen molar-refractivity contribution in [3.63, 3.8) is 0 Å². The van der Waals surface area contributed by atoms with Gasteiger partial charge in [-0.25, -0.2) is 8.42 Å². The van der Waals surface area contributed by atoms with Gasteiger partial charge in [0.2, 0.25) is 0 Å². The number of thiophene rings is 1. The minimum atomic E-state index is -3.96. The van der Waals surface area contributed by atoms with Crippen molar-refractivity contribution in [2.45, 2.75) is 16.7 Å². The van der Waals surface area contributed by atoms with Crippen LogP contribution in [-0.2, 0) is 21.2 Å². The molecule has 3 rings (SSSR count). The first kappa shape index (κ1) is 20.1. The molecule has 0 amide bonds. The molecule has 0 bridgehead atoms. The Morgan fingerprint density at radius 3 is 2.36 bits per heavy atom. The first-order valence-electron chi connectivity index (χ1n) is 8.42. The third kappa shape index (κ3) is 4.78. The van der Waals surface area contributed by atoms with Crippen LogP contribution in [0.5, 0.6) is 5.75 Å². The maximum absolute atomic E-state index is 12.7. The van der Waals surface area contributed by atoms with Crippen molar-refractivity contribution in [1.29, 1.82) is 0 Å². The van der Waals surface area contributed by atoms with Crippen molar-refractivity contribution in [2.75, 3.05) is 7.11 Å². The summed E-state index contributed by atoms with van der Waals surface area (Å²) >= 11 is 1.08. The van der Waals surface area contributed by atoms with E-state index >= 15 is 0 Å². The second-order valence-electron chi connectivity index (χ2n) is 6.05. The Morgan fingerprint density at radius 2 is 1.75 bits per heavy atom. The molecule has 0 aliphatic carbocycles. The minimum Gasteiger partial charge on any atom is -0.497 e. The van der Waals surface area contributed by atoms with Gasteiger partial charge >= 0.3 is 5.97 Å². The van der Waals surface area contributed by atoms with E-state index in [-0.39, 0.29) is 10.6 Å². The highest BCUT2D eigenvalue weighted by Gasteiger charge is 2.27. The SMILES string of the molecule is COc1ccc(-c2ccc(S(=O)(=O)NC(Cc3ccccc3)C(=O)O)s2)cc1. The van der Waals surface area contributed by atoms with Crippen LogP contribution in [-0.4, -0.2) is 32.6 Å². The van der Waals surface area contributed by atoms with Crippen molar-refractivity contribution in [3.05, 3.63) is 72.3 Å². The van der Waals surface area contributed by atoms with Crippen LogP contribution >= 0.6 is 11.3 Å². The molecule has 0 aliphatic rings. The predicted octanol–water partition coefficient (Wildman–Crippen LogP) is 3.40. The van der Waals surface area contributed by atoms with E-state index in [4.69, 9.17) is 4.74 Å². The van der Waals surface area contributed by atoms with Gasteiger partial charge in [-0.2, -0.15) is 4.72 Å². The van der Waals surface area contributed by atoms with Gasteiger partial charge in [0.05, 0.1) is 7.11 Å². The molecule has 2 N–H and O–H groups in total. The highest BCUT2D eigenvalue weighted by Crippen LogP contribution is 2.31. The number of sulfonamides is 1. The lowest BCUT2D eigenvalue weighted by Gasteiger charge is -2.14. The molecule has 1 atom stereocenters. The Morgan fingerprint density at radius 1 is 1.07 bits per heavy atom. The molecule has 2 aromatic carbocycles. The monoisotopic (exact) mass is 417 g/mol. The fraction of sp³-hybridized carbons (Fsp3) is 0.150. The average molecular weight is 418 g/mol. The van der Waals surface area contributed by atoms with Crippen LogP contribution < -0.4 is 9.46 Å². The largest absolute Gasteiger partial charge is 0.497 e. The quantitative estimate of drug-likeness (QED) is 0.586. The number of methoxy groups -OCH3 is 1. The number of ether oxygens (including phenoxy) is 1. The highest BCUT2D eigenvalue weighted by molar-refractivity contribution is 7.91. The summed E-state index contributed by atoms with van der Waals surface area (Å²) in [6, 6.07) is 18.1. The third-order valence-corrected chi connectivity index (χ3v) is 7.20. The summed E-state index contributed by atoms with van der Waals surface area (Å²) in [5.74, 6) is -0.514. The van der Waals surface area contributed by atoms with E-state index in [1.54, 1.807) is 49.6 Å². The van der Waals surface area contributed by atoms with Crippen LogP contribution in [0.4, 0.5) is 0 Å². The molecule has 1 heterocycles. The summed E-state index contributed by atoms with van der Waals surface area (Å²) in [5, 5.41) is 9.44. The van der Waals surface area contributed by atoms with Gasteiger partial charge in [-0.15, -0.1) is 11.3 Å². The molecule has 0 fully saturated rings. The van der Waals surface area contributed by atoms with Gasteiger partial charge in [0.15, 0.2) is 0 Å². The van der Waals surface area contributed by atoms with Crippen molar-refractivity contribution in [1.82, 2.24) is 4.72 Å². The molecule has 28 heavy (non-hydrogen) atoms. The number of nitrogens with one attached hydrogen (secondary N) is 1. The first-order chi connectivity index (χ1) is 13.4. The molecule has 0 saturated heterocycles. The Bertz CT molecular complexity index is 1040. The molecule has 8 heteroatoms. The lowest BCUT2D eigenvalue weighted by Crippen LogP contribution is -2.42. The van der Waals surface area contributed by atoms with Crippen LogP contribution in [0, 0.1) is 0 Å². The van der Waals surface area contributed by atoms with E-state index in [2.05, 4.69) is 4.72 Å². The Labute approximate surface area is 167 Å². The van der Waals surface area contributed by atoms with Crippen LogP contribution in [0.3, 0.4) is 0 Å². The number of hydrogen-bond donors (Lipinski definition) is 2. The fourth-order valence-corrected chi connectivity index (χ4v) is 5.17. The second-order valence-corrected chi connectivity index (χ2v) is 9.07. The maximum atomic E-state index is 12.7. The van der Waals surface area contributed by atoms with Gasteiger partial charge in [0.1, 0.15) is 16.0 Å². The molecule has 6 nitrogen and oxygen atoms in total. The van der Waals surface area contributed by atoms with Crippen molar-refractivity contribution in [3.8, 4) is 16.2 Å². The molecule has 3 aromatic rings. The molecule has 0 radical (unpaired) electrons. The van der Waals surface area contributed by atoms with E-state index in [1.165, 1.54) is 6.07 Å². The van der Waals surface area contributed by atoms with Gasteiger partial charge in [-0.3, -0.25) is 4.79 Å². The number of hydrogen-bond acceptors (Lipinski definition) is 5. The topological polar surface area (TPSA) is 92.7 Å². The van der Waals surface area contributed by atoms with Crippen LogP contribution in [0.1, 0.15) is 5.56 Å². The average Bonchev–Trinajstić information content (AvgIpc) is 3.19. The summed E-state index contributed by atoms with van der Waals surface area (Å²) in [7, 11) is -2.39. The van der Waals surface area contributed by atoms with E-state index in [9.17, 15) is 18.3 Å². The molecule has 146 valence electrons. The van der Waals surface area contributed by atoms with Crippen LogP contribution in [0.25, 0.3) is 10.4 Å². The Balaban J connectivity index is 1.79. The molecule has 1 unspecified atom stereocenters. The molecular weight excluding hydrogens is 398 g/mol. The normalized spacial score (nSPS) is 12.5. The number of benzene rings is 2. The van der Waals surface area contributed by atoms with E-state index in [0.29, 0.717) is 5.75 Å². The standard InChI is InChI=1S/C20H19NO5S2/c1-26-16-9-7-15(8-10-16)18-11-12-19(27-18)28(24,25)21-17(20(22)23)13-14-5-3-2-4-6-14/h2-12,17,21H,13H2,1H3,(H,22,23). The summed E-state index contributed by atoms with van der Waals surface area (Å²) in [6.45, 7) is 0. The van der Waals surface area contributed by atoms with Crippen LogP contribution in [0.2, 0.25) is 0 Å². The number of carboxylic acids is 1. The Kier molecular flexibility index (Phi) is 6.13. The second kappa shape index (κ2) is 8.55. The molecule has 1 aromatic heterocycles. The number of carboxylic acid groups (broad SMARTS) is 1. The van der Waals surface area contributed by atoms with Crippen LogP contribution in [0.15, 0.2) is 70.9 Å². The predicted molar refractivity (Wildman–Crippen MR) is 108 cm³/mol. The van der Waals surface area contributed by atoms with Crippen molar-refractivity contribution < 1.29 is 23.1 Å². The zero-order chi connectivity index (χ0) is 20.1. The summed E-state index contributed by atoms with van der Waals surface area (Å²) in [4.78, 5) is 12.3. The van der Waals surface area contributed by atoms with Crippen molar-refractivity contribution in [2.24, 2.45) is 0 Å². The number of carbonyl (C=O) groups is 1. The van der Waals surface area contributed by atoms with Gasteiger partial charge in [0.25, 0.3) is 10.0 Å². The first-order valence-corrected chi connectivity index (χ1v) is 10.7. The zero-order valence-electron chi connectivity index (χ0n) is 15.0. The summed E-state index contributed by atoms with van der Waals surface area (Å²) in [6.07, 6.45) is 0.0616. The van der Waals surface area contributed by atoms with Gasteiger partial charge in [0, 0.05) is 4.88 Å². The highest BCUT2D eigenvalue weighted by atomic mass is 32.2. The van der Waals surface area contributed by atoms with Crippen molar-refractivity contribution >= 4 is 27.3 Å². The van der Waals surface area contributed by atoms with Gasteiger partial charge < -0.3 is 9.84 Å². The summed E-state index contributed by atoms with van der Waals surface area (Å²) < 4.78 is 32.9. The lowest BCUT2D eigenvalue weighted by atomic mass is 10.1. The molecular formula is C20H19NO5S2. The third-order valence-electron chi connectivity index (χ3n) is 4.10. The minimum absolute atomic E-state index is 0.0616. The Hall–Kier alpha value is -2.68. The van der Waals surface area contributed by atoms with Gasteiger partial charge in [-0.05, 0) is 53.9 Å². The zero-order valence-corrected chi connectivity index (χ0v) is 16.7. The molecule has 0 saturated carbocycles.